The summed E-state index contributed by atoms with van der Waals surface area (Å²) in [5, 5.41) is 5.20. The van der Waals surface area contributed by atoms with Crippen molar-refractivity contribution in [2.45, 2.75) is 12.8 Å². The molecule has 4 nitrogen and oxygen atoms in total. The molecule has 2 aromatic rings. The Bertz CT molecular complexity index is 822. The van der Waals surface area contributed by atoms with Crippen molar-refractivity contribution < 1.29 is 18.4 Å². The molecule has 0 unspecified atom stereocenters. The molecule has 0 heterocycles. The van der Waals surface area contributed by atoms with Crippen molar-refractivity contribution in [1.82, 2.24) is 0 Å². The maximum atomic E-state index is 13.2. The molecule has 0 aliphatic heterocycles. The number of hydrogen-bond donors (Lipinski definition) is 2. The predicted octanol–water partition coefficient (Wildman–Crippen LogP) is 4.08. The van der Waals surface area contributed by atoms with Crippen LogP contribution in [0.5, 0.6) is 0 Å². The Labute approximate surface area is 145 Å². The van der Waals surface area contributed by atoms with Gasteiger partial charge in [-0.25, -0.2) is 8.78 Å². The molecule has 0 radical (unpaired) electrons. The van der Waals surface area contributed by atoms with E-state index in [-0.39, 0.29) is 5.69 Å². The van der Waals surface area contributed by atoms with Crippen LogP contribution in [0.2, 0.25) is 0 Å². The van der Waals surface area contributed by atoms with E-state index >= 15 is 0 Å². The third-order valence-corrected chi connectivity index (χ3v) is 4.61. The SMILES string of the molecule is O=C(Nc1ccc(F)c(F)c1)C1(C(=O)Nc2ccccc2Br)CC1. The van der Waals surface area contributed by atoms with Crippen LogP contribution in [0, 0.1) is 17.0 Å². The third-order valence-electron chi connectivity index (χ3n) is 3.92. The number of benzene rings is 2. The first-order valence-electron chi connectivity index (χ1n) is 7.25. The van der Waals surface area contributed by atoms with E-state index in [1.807, 2.05) is 6.07 Å². The number of rotatable bonds is 4. The van der Waals surface area contributed by atoms with Crippen molar-refractivity contribution in [3.05, 3.63) is 58.6 Å². The maximum absolute atomic E-state index is 13.2. The molecular formula is C17H13BrF2N2O2. The number of anilines is 2. The molecule has 0 aromatic heterocycles. The van der Waals surface area contributed by atoms with E-state index < -0.39 is 28.9 Å². The van der Waals surface area contributed by atoms with Gasteiger partial charge in [-0.15, -0.1) is 0 Å². The maximum Gasteiger partial charge on any atom is 0.240 e. The number of para-hydroxylation sites is 1. The van der Waals surface area contributed by atoms with Crippen molar-refractivity contribution >= 4 is 39.1 Å². The lowest BCUT2D eigenvalue weighted by atomic mass is 10.0. The van der Waals surface area contributed by atoms with Crippen LogP contribution in [-0.4, -0.2) is 11.8 Å². The molecular weight excluding hydrogens is 382 g/mol. The lowest BCUT2D eigenvalue weighted by Gasteiger charge is -2.16. The monoisotopic (exact) mass is 394 g/mol. The molecule has 2 amide bonds. The number of carbonyl (C=O) groups is 2. The molecule has 1 aliphatic carbocycles. The summed E-state index contributed by atoms with van der Waals surface area (Å²) < 4.78 is 26.9. The van der Waals surface area contributed by atoms with E-state index in [0.717, 1.165) is 12.1 Å². The zero-order chi connectivity index (χ0) is 17.3. The van der Waals surface area contributed by atoms with Crippen LogP contribution in [0.25, 0.3) is 0 Å². The second-order valence-electron chi connectivity index (χ2n) is 5.60. The molecule has 124 valence electrons. The Morgan fingerprint density at radius 2 is 1.62 bits per heavy atom. The Balaban J connectivity index is 1.73. The largest absolute Gasteiger partial charge is 0.325 e. The summed E-state index contributed by atoms with van der Waals surface area (Å²) in [6.07, 6.45) is 0.803. The third kappa shape index (κ3) is 3.17. The Morgan fingerprint density at radius 1 is 0.958 bits per heavy atom. The summed E-state index contributed by atoms with van der Waals surface area (Å²) in [4.78, 5) is 24.9. The number of hydrogen-bond acceptors (Lipinski definition) is 2. The van der Waals surface area contributed by atoms with Gasteiger partial charge in [0.1, 0.15) is 5.41 Å². The van der Waals surface area contributed by atoms with Gasteiger partial charge in [0.05, 0.1) is 5.69 Å². The molecule has 0 saturated heterocycles. The summed E-state index contributed by atoms with van der Waals surface area (Å²) in [5.74, 6) is -3.01. The first kappa shape index (κ1) is 16.6. The van der Waals surface area contributed by atoms with Gasteiger partial charge in [0.15, 0.2) is 11.6 Å². The molecule has 2 aromatic carbocycles. The molecule has 3 rings (SSSR count). The van der Waals surface area contributed by atoms with E-state index in [0.29, 0.717) is 23.0 Å². The lowest BCUT2D eigenvalue weighted by Crippen LogP contribution is -2.35. The quantitative estimate of drug-likeness (QED) is 0.767. The standard InChI is InChI=1S/C17H13BrF2N2O2/c18-11-3-1-2-4-14(11)22-16(24)17(7-8-17)15(23)21-10-5-6-12(19)13(20)9-10/h1-6,9H,7-8H2,(H,21,23)(H,22,24). The first-order valence-corrected chi connectivity index (χ1v) is 8.04. The summed E-state index contributed by atoms with van der Waals surface area (Å²) in [6.45, 7) is 0. The highest BCUT2D eigenvalue weighted by Crippen LogP contribution is 2.47. The van der Waals surface area contributed by atoms with E-state index in [1.165, 1.54) is 6.07 Å². The number of nitrogens with one attached hydrogen (secondary N) is 2. The topological polar surface area (TPSA) is 58.2 Å². The normalized spacial score (nSPS) is 14.8. The Hall–Kier alpha value is -2.28. The molecule has 1 fully saturated rings. The van der Waals surface area contributed by atoms with Gasteiger partial charge in [0.2, 0.25) is 11.8 Å². The van der Waals surface area contributed by atoms with Crippen molar-refractivity contribution in [3.8, 4) is 0 Å². The van der Waals surface area contributed by atoms with Gasteiger partial charge < -0.3 is 10.6 Å². The fourth-order valence-electron chi connectivity index (χ4n) is 2.31. The number of amides is 2. The summed E-state index contributed by atoms with van der Waals surface area (Å²) in [5.41, 5.74) is -0.506. The van der Waals surface area contributed by atoms with Crippen LogP contribution in [0.1, 0.15) is 12.8 Å². The van der Waals surface area contributed by atoms with E-state index in [9.17, 15) is 18.4 Å². The highest BCUT2D eigenvalue weighted by Gasteiger charge is 2.56. The first-order chi connectivity index (χ1) is 11.4. The van der Waals surface area contributed by atoms with Crippen LogP contribution in [0.4, 0.5) is 20.2 Å². The summed E-state index contributed by atoms with van der Waals surface area (Å²) >= 11 is 3.33. The number of carbonyl (C=O) groups excluding carboxylic acids is 2. The molecule has 24 heavy (non-hydrogen) atoms. The van der Waals surface area contributed by atoms with E-state index in [1.54, 1.807) is 18.2 Å². The van der Waals surface area contributed by atoms with Crippen molar-refractivity contribution in [2.24, 2.45) is 5.41 Å². The smallest absolute Gasteiger partial charge is 0.240 e. The van der Waals surface area contributed by atoms with Gasteiger partial charge in [-0.3, -0.25) is 9.59 Å². The zero-order valence-corrected chi connectivity index (χ0v) is 14.0. The second-order valence-corrected chi connectivity index (χ2v) is 6.45. The number of halogens is 3. The van der Waals surface area contributed by atoms with Crippen molar-refractivity contribution in [3.63, 3.8) is 0 Å². The van der Waals surface area contributed by atoms with Crippen LogP contribution >= 0.6 is 15.9 Å². The average molecular weight is 395 g/mol. The van der Waals surface area contributed by atoms with Gasteiger partial charge in [0, 0.05) is 16.2 Å². The zero-order valence-electron chi connectivity index (χ0n) is 12.4. The van der Waals surface area contributed by atoms with Crippen molar-refractivity contribution in [2.75, 3.05) is 10.6 Å². The van der Waals surface area contributed by atoms with Gasteiger partial charge >= 0.3 is 0 Å². The van der Waals surface area contributed by atoms with E-state index in [4.69, 9.17) is 0 Å². The van der Waals surface area contributed by atoms with Crippen molar-refractivity contribution in [1.29, 1.82) is 0 Å². The highest BCUT2D eigenvalue weighted by atomic mass is 79.9. The minimum atomic E-state index is -1.18. The Kier molecular flexibility index (Phi) is 4.36. The van der Waals surface area contributed by atoms with Gasteiger partial charge in [-0.1, -0.05) is 12.1 Å². The molecule has 0 bridgehead atoms. The Morgan fingerprint density at radius 3 is 2.25 bits per heavy atom. The van der Waals surface area contributed by atoms with Crippen LogP contribution in [0.3, 0.4) is 0 Å². The van der Waals surface area contributed by atoms with Gasteiger partial charge in [0.25, 0.3) is 0 Å². The van der Waals surface area contributed by atoms with E-state index in [2.05, 4.69) is 26.6 Å². The van der Waals surface area contributed by atoms with Gasteiger partial charge in [-0.2, -0.15) is 0 Å². The lowest BCUT2D eigenvalue weighted by molar-refractivity contribution is -0.131. The molecule has 7 heteroatoms. The minimum absolute atomic E-state index is 0.110. The highest BCUT2D eigenvalue weighted by molar-refractivity contribution is 9.10. The molecule has 0 atom stereocenters. The summed E-state index contributed by atoms with van der Waals surface area (Å²) in [6, 6.07) is 10.1. The molecule has 1 aliphatic rings. The van der Waals surface area contributed by atoms with Crippen LogP contribution < -0.4 is 10.6 Å². The fourth-order valence-corrected chi connectivity index (χ4v) is 2.70. The summed E-state index contributed by atoms with van der Waals surface area (Å²) in [7, 11) is 0. The van der Waals surface area contributed by atoms with Gasteiger partial charge in [-0.05, 0) is 53.0 Å². The fraction of sp³-hybridized carbons (Fsp3) is 0.176. The minimum Gasteiger partial charge on any atom is -0.325 e. The average Bonchev–Trinajstić information content (AvgIpc) is 3.35. The molecule has 1 saturated carbocycles. The molecule has 2 N–H and O–H groups in total. The molecule has 0 spiro atoms. The predicted molar refractivity (Wildman–Crippen MR) is 89.4 cm³/mol. The second kappa shape index (κ2) is 6.32. The van der Waals surface area contributed by atoms with Crippen LogP contribution in [0.15, 0.2) is 46.9 Å². The van der Waals surface area contributed by atoms with Crippen LogP contribution in [-0.2, 0) is 9.59 Å².